The Morgan fingerprint density at radius 2 is 1.60 bits per heavy atom. The van der Waals surface area contributed by atoms with Crippen molar-refractivity contribution in [2.75, 3.05) is 19.0 Å². The minimum Gasteiger partial charge on any atom is -0.484 e. The lowest BCUT2D eigenvalue weighted by molar-refractivity contribution is -0.120. The first kappa shape index (κ1) is 18.5. The quantitative estimate of drug-likeness (QED) is 0.814. The van der Waals surface area contributed by atoms with Gasteiger partial charge in [-0.3, -0.25) is 9.59 Å². The standard InChI is InChI=1S/C20H24N2O3/c1-14(2)16-6-10-18(11-7-16)25-13-20(24)22-17-8-4-15(5-9-17)12-19(23)21-3/h4-11,14H,12-13H2,1-3H3,(H,21,23)(H,22,24). The fraction of sp³-hybridized carbons (Fsp3) is 0.300. The minimum atomic E-state index is -0.230. The van der Waals surface area contributed by atoms with Crippen LogP contribution in [0, 0.1) is 0 Å². The van der Waals surface area contributed by atoms with Crippen LogP contribution in [0.5, 0.6) is 5.75 Å². The summed E-state index contributed by atoms with van der Waals surface area (Å²) >= 11 is 0. The average Bonchev–Trinajstić information content (AvgIpc) is 2.62. The molecule has 2 rings (SSSR count). The molecule has 2 N–H and O–H groups in total. The van der Waals surface area contributed by atoms with Crippen molar-refractivity contribution in [1.82, 2.24) is 5.32 Å². The molecule has 5 heteroatoms. The van der Waals surface area contributed by atoms with E-state index in [1.165, 1.54) is 5.56 Å². The molecule has 0 fully saturated rings. The normalized spacial score (nSPS) is 10.4. The van der Waals surface area contributed by atoms with E-state index in [2.05, 4.69) is 24.5 Å². The van der Waals surface area contributed by atoms with E-state index in [-0.39, 0.29) is 18.4 Å². The van der Waals surface area contributed by atoms with Crippen molar-refractivity contribution in [1.29, 1.82) is 0 Å². The van der Waals surface area contributed by atoms with Gasteiger partial charge in [-0.1, -0.05) is 38.1 Å². The van der Waals surface area contributed by atoms with Crippen molar-refractivity contribution in [2.24, 2.45) is 0 Å². The third-order valence-electron chi connectivity index (χ3n) is 3.80. The zero-order valence-corrected chi connectivity index (χ0v) is 14.8. The molecule has 0 saturated carbocycles. The van der Waals surface area contributed by atoms with Gasteiger partial charge in [0.1, 0.15) is 5.75 Å². The number of hydrogen-bond acceptors (Lipinski definition) is 3. The van der Waals surface area contributed by atoms with Crippen LogP contribution in [0.2, 0.25) is 0 Å². The summed E-state index contributed by atoms with van der Waals surface area (Å²) in [5.74, 6) is 0.852. The van der Waals surface area contributed by atoms with Crippen LogP contribution in [-0.4, -0.2) is 25.5 Å². The number of carbonyl (C=O) groups excluding carboxylic acids is 2. The van der Waals surface area contributed by atoms with Crippen LogP contribution < -0.4 is 15.4 Å². The predicted molar refractivity (Wildman–Crippen MR) is 98.9 cm³/mol. The maximum atomic E-state index is 12.0. The summed E-state index contributed by atoms with van der Waals surface area (Å²) < 4.78 is 5.50. The van der Waals surface area contributed by atoms with Crippen LogP contribution in [0.4, 0.5) is 5.69 Å². The number of anilines is 1. The van der Waals surface area contributed by atoms with E-state index in [9.17, 15) is 9.59 Å². The minimum absolute atomic E-state index is 0.0475. The van der Waals surface area contributed by atoms with Gasteiger partial charge in [0.2, 0.25) is 5.91 Å². The number of rotatable bonds is 7. The van der Waals surface area contributed by atoms with Gasteiger partial charge >= 0.3 is 0 Å². The monoisotopic (exact) mass is 340 g/mol. The Bertz CT molecular complexity index is 707. The zero-order chi connectivity index (χ0) is 18.2. The molecule has 0 radical (unpaired) electrons. The third-order valence-corrected chi connectivity index (χ3v) is 3.80. The summed E-state index contributed by atoms with van der Waals surface area (Å²) in [7, 11) is 1.60. The Labute approximate surface area is 148 Å². The van der Waals surface area contributed by atoms with Crippen LogP contribution in [-0.2, 0) is 16.0 Å². The van der Waals surface area contributed by atoms with Gasteiger partial charge in [-0.2, -0.15) is 0 Å². The Balaban J connectivity index is 1.82. The van der Waals surface area contributed by atoms with E-state index >= 15 is 0 Å². The maximum Gasteiger partial charge on any atom is 0.262 e. The van der Waals surface area contributed by atoms with Crippen molar-refractivity contribution in [3.63, 3.8) is 0 Å². The van der Waals surface area contributed by atoms with Crippen molar-refractivity contribution >= 4 is 17.5 Å². The smallest absolute Gasteiger partial charge is 0.262 e. The third kappa shape index (κ3) is 5.95. The number of hydrogen-bond donors (Lipinski definition) is 2. The van der Waals surface area contributed by atoms with E-state index in [0.29, 0.717) is 23.8 Å². The average molecular weight is 340 g/mol. The van der Waals surface area contributed by atoms with Gasteiger partial charge in [0.25, 0.3) is 5.91 Å². The highest BCUT2D eigenvalue weighted by atomic mass is 16.5. The summed E-state index contributed by atoms with van der Waals surface area (Å²) in [5, 5.41) is 5.35. The number of likely N-dealkylation sites (N-methyl/N-ethyl adjacent to an activating group) is 1. The van der Waals surface area contributed by atoms with Crippen molar-refractivity contribution < 1.29 is 14.3 Å². The lowest BCUT2D eigenvalue weighted by Crippen LogP contribution is -2.21. The Kier molecular flexibility index (Phi) is 6.57. The van der Waals surface area contributed by atoms with Gasteiger partial charge in [0, 0.05) is 12.7 Å². The van der Waals surface area contributed by atoms with Gasteiger partial charge in [-0.25, -0.2) is 0 Å². The van der Waals surface area contributed by atoms with Crippen LogP contribution in [0.1, 0.15) is 30.9 Å². The fourth-order valence-corrected chi connectivity index (χ4v) is 2.27. The topological polar surface area (TPSA) is 67.4 Å². The first-order chi connectivity index (χ1) is 12.0. The maximum absolute atomic E-state index is 12.0. The first-order valence-corrected chi connectivity index (χ1v) is 8.30. The molecule has 132 valence electrons. The summed E-state index contributed by atoms with van der Waals surface area (Å²) in [5.41, 5.74) is 2.79. The number of nitrogens with one attached hydrogen (secondary N) is 2. The van der Waals surface area contributed by atoms with E-state index in [1.807, 2.05) is 36.4 Å². The van der Waals surface area contributed by atoms with Crippen molar-refractivity contribution in [3.05, 3.63) is 59.7 Å². The van der Waals surface area contributed by atoms with Gasteiger partial charge in [0.05, 0.1) is 6.42 Å². The highest BCUT2D eigenvalue weighted by Crippen LogP contribution is 2.18. The van der Waals surface area contributed by atoms with Crippen LogP contribution in [0.15, 0.2) is 48.5 Å². The molecule has 0 heterocycles. The molecule has 2 amide bonds. The molecule has 0 atom stereocenters. The Hall–Kier alpha value is -2.82. The predicted octanol–water partition coefficient (Wildman–Crippen LogP) is 3.12. The molecular weight excluding hydrogens is 316 g/mol. The summed E-state index contributed by atoms with van der Waals surface area (Å²) in [4.78, 5) is 23.3. The fourth-order valence-electron chi connectivity index (χ4n) is 2.27. The molecule has 0 aliphatic heterocycles. The molecule has 0 bridgehead atoms. The highest BCUT2D eigenvalue weighted by molar-refractivity contribution is 5.92. The number of ether oxygens (including phenoxy) is 1. The Morgan fingerprint density at radius 1 is 0.960 bits per heavy atom. The SMILES string of the molecule is CNC(=O)Cc1ccc(NC(=O)COc2ccc(C(C)C)cc2)cc1. The second kappa shape index (κ2) is 8.87. The van der Waals surface area contributed by atoms with Crippen molar-refractivity contribution in [2.45, 2.75) is 26.2 Å². The van der Waals surface area contributed by atoms with Gasteiger partial charge in [0.15, 0.2) is 6.61 Å². The summed E-state index contributed by atoms with van der Waals surface area (Å²) in [6, 6.07) is 14.9. The molecule has 0 unspecified atom stereocenters. The second-order valence-corrected chi connectivity index (χ2v) is 6.11. The molecule has 2 aromatic carbocycles. The van der Waals surface area contributed by atoms with E-state index in [0.717, 1.165) is 5.56 Å². The summed E-state index contributed by atoms with van der Waals surface area (Å²) in [6.07, 6.45) is 0.320. The molecule has 0 spiro atoms. The first-order valence-electron chi connectivity index (χ1n) is 8.30. The molecule has 5 nitrogen and oxygen atoms in total. The molecule has 2 aromatic rings. The van der Waals surface area contributed by atoms with Crippen LogP contribution >= 0.6 is 0 Å². The van der Waals surface area contributed by atoms with Gasteiger partial charge in [-0.15, -0.1) is 0 Å². The molecule has 0 aliphatic rings. The lowest BCUT2D eigenvalue weighted by Gasteiger charge is -2.10. The van der Waals surface area contributed by atoms with Crippen LogP contribution in [0.3, 0.4) is 0 Å². The van der Waals surface area contributed by atoms with Gasteiger partial charge in [-0.05, 0) is 41.3 Å². The molecule has 0 aromatic heterocycles. The lowest BCUT2D eigenvalue weighted by atomic mass is 10.0. The molecule has 0 aliphatic carbocycles. The van der Waals surface area contributed by atoms with Gasteiger partial charge < -0.3 is 15.4 Å². The Morgan fingerprint density at radius 3 is 2.16 bits per heavy atom. The van der Waals surface area contributed by atoms with Crippen LogP contribution in [0.25, 0.3) is 0 Å². The zero-order valence-electron chi connectivity index (χ0n) is 14.8. The number of carbonyl (C=O) groups is 2. The molecule has 0 saturated heterocycles. The van der Waals surface area contributed by atoms with E-state index < -0.39 is 0 Å². The second-order valence-electron chi connectivity index (χ2n) is 6.11. The molecule has 25 heavy (non-hydrogen) atoms. The van der Waals surface area contributed by atoms with Crippen molar-refractivity contribution in [3.8, 4) is 5.75 Å². The largest absolute Gasteiger partial charge is 0.484 e. The number of benzene rings is 2. The number of amides is 2. The summed E-state index contributed by atoms with van der Waals surface area (Å²) in [6.45, 7) is 4.20. The highest BCUT2D eigenvalue weighted by Gasteiger charge is 2.06. The van der Waals surface area contributed by atoms with E-state index in [4.69, 9.17) is 4.74 Å². The molecular formula is C20H24N2O3. The van der Waals surface area contributed by atoms with E-state index in [1.54, 1.807) is 19.2 Å².